The van der Waals surface area contributed by atoms with Crippen LogP contribution in [0.25, 0.3) is 0 Å². The van der Waals surface area contributed by atoms with Crippen molar-refractivity contribution >= 4 is 29.9 Å². The van der Waals surface area contributed by atoms with Crippen molar-refractivity contribution in [2.45, 2.75) is 38.4 Å². The number of hydrogen-bond donors (Lipinski definition) is 2. The maximum absolute atomic E-state index is 13.5. The number of benzene rings is 1. The molecule has 1 fully saturated rings. The van der Waals surface area contributed by atoms with Gasteiger partial charge in [0.05, 0.1) is 5.56 Å². The van der Waals surface area contributed by atoms with Crippen molar-refractivity contribution in [2.24, 2.45) is 0 Å². The summed E-state index contributed by atoms with van der Waals surface area (Å²) in [5.41, 5.74) is -0.428. The van der Waals surface area contributed by atoms with Gasteiger partial charge in [0.15, 0.2) is 0 Å². The first-order valence-electron chi connectivity index (χ1n) is 9.24. The molecular formula is C19H24ClF4N5. The summed E-state index contributed by atoms with van der Waals surface area (Å²) in [4.78, 5) is 11.0. The standard InChI is InChI=1S/C19H23F4N5.ClH/c1-3-4-12-10-17(28-8-7-14(11-28)24-2)27-18(25-12)26-13-5-6-16(20)15(9-13)19(21,22)23;/h5-6,9-10,14,24H,3-4,7-8,11H2,1-2H3,(H,25,26,27);1H. The van der Waals surface area contributed by atoms with Crippen LogP contribution in [0.15, 0.2) is 24.3 Å². The second-order valence-corrected chi connectivity index (χ2v) is 6.83. The van der Waals surface area contributed by atoms with E-state index >= 15 is 0 Å². The number of aromatic nitrogens is 2. The zero-order valence-corrected chi connectivity index (χ0v) is 17.0. The first-order valence-corrected chi connectivity index (χ1v) is 9.24. The Balaban J connectivity index is 0.00000300. The summed E-state index contributed by atoms with van der Waals surface area (Å²) in [7, 11) is 1.91. The molecule has 1 unspecified atom stereocenters. The normalized spacial score (nSPS) is 16.6. The van der Waals surface area contributed by atoms with Gasteiger partial charge in [0.2, 0.25) is 5.95 Å². The van der Waals surface area contributed by atoms with Crippen molar-refractivity contribution in [3.05, 3.63) is 41.3 Å². The van der Waals surface area contributed by atoms with Crippen LogP contribution in [0.3, 0.4) is 0 Å². The molecule has 1 aromatic carbocycles. The molecule has 3 rings (SSSR count). The summed E-state index contributed by atoms with van der Waals surface area (Å²) < 4.78 is 52.4. The molecule has 2 heterocycles. The summed E-state index contributed by atoms with van der Waals surface area (Å²) in [5.74, 6) is -0.375. The molecule has 0 radical (unpaired) electrons. The topological polar surface area (TPSA) is 53.1 Å². The number of rotatable bonds is 6. The minimum atomic E-state index is -4.77. The molecule has 10 heteroatoms. The monoisotopic (exact) mass is 433 g/mol. The largest absolute Gasteiger partial charge is 0.419 e. The lowest BCUT2D eigenvalue weighted by Gasteiger charge is -2.19. The van der Waals surface area contributed by atoms with Crippen LogP contribution in [0.4, 0.5) is 35.0 Å². The lowest BCUT2D eigenvalue weighted by Crippen LogP contribution is -2.30. The Morgan fingerprint density at radius 2 is 1.97 bits per heavy atom. The molecule has 1 saturated heterocycles. The van der Waals surface area contributed by atoms with Gasteiger partial charge in [-0.15, -0.1) is 12.4 Å². The fourth-order valence-corrected chi connectivity index (χ4v) is 3.24. The minimum absolute atomic E-state index is 0. The van der Waals surface area contributed by atoms with Crippen molar-refractivity contribution < 1.29 is 17.6 Å². The number of nitrogens with one attached hydrogen (secondary N) is 2. The Morgan fingerprint density at radius 3 is 2.59 bits per heavy atom. The van der Waals surface area contributed by atoms with E-state index in [1.165, 1.54) is 6.07 Å². The second-order valence-electron chi connectivity index (χ2n) is 6.83. The fraction of sp³-hybridized carbons (Fsp3) is 0.474. The lowest BCUT2D eigenvalue weighted by atomic mass is 10.2. The zero-order chi connectivity index (χ0) is 20.3. The van der Waals surface area contributed by atoms with E-state index < -0.39 is 17.6 Å². The van der Waals surface area contributed by atoms with Crippen molar-refractivity contribution in [2.75, 3.05) is 30.4 Å². The molecule has 0 amide bonds. The third kappa shape index (κ3) is 5.70. The number of hydrogen-bond acceptors (Lipinski definition) is 5. The molecule has 1 aromatic heterocycles. The summed E-state index contributed by atoms with van der Waals surface area (Å²) >= 11 is 0. The number of likely N-dealkylation sites (N-methyl/N-ethyl adjacent to an activating group) is 1. The summed E-state index contributed by atoms with van der Waals surface area (Å²) in [5, 5.41) is 6.04. The van der Waals surface area contributed by atoms with E-state index in [4.69, 9.17) is 0 Å². The molecule has 0 bridgehead atoms. The van der Waals surface area contributed by atoms with Crippen LogP contribution < -0.4 is 15.5 Å². The van der Waals surface area contributed by atoms with E-state index in [0.717, 1.165) is 56.0 Å². The van der Waals surface area contributed by atoms with Gasteiger partial charge in [0.25, 0.3) is 0 Å². The Bertz CT molecular complexity index is 831. The Labute approximate surface area is 173 Å². The summed E-state index contributed by atoms with van der Waals surface area (Å²) in [6.45, 7) is 3.66. The van der Waals surface area contributed by atoms with Gasteiger partial charge in [-0.25, -0.2) is 9.37 Å². The molecule has 0 spiro atoms. The van der Waals surface area contributed by atoms with Crippen LogP contribution in [-0.2, 0) is 12.6 Å². The zero-order valence-electron chi connectivity index (χ0n) is 16.2. The Morgan fingerprint density at radius 1 is 1.21 bits per heavy atom. The fourth-order valence-electron chi connectivity index (χ4n) is 3.24. The average Bonchev–Trinajstić information content (AvgIpc) is 3.12. The van der Waals surface area contributed by atoms with Crippen LogP contribution in [0.2, 0.25) is 0 Å². The molecule has 2 aromatic rings. The summed E-state index contributed by atoms with van der Waals surface area (Å²) in [6.07, 6.45) is -2.18. The molecule has 2 N–H and O–H groups in total. The smallest absolute Gasteiger partial charge is 0.355 e. The van der Waals surface area contributed by atoms with Crippen molar-refractivity contribution in [1.82, 2.24) is 15.3 Å². The Kier molecular flexibility index (Phi) is 7.65. The van der Waals surface area contributed by atoms with E-state index in [1.54, 1.807) is 0 Å². The SMILES string of the molecule is CCCc1cc(N2CCC(NC)C2)nc(Nc2ccc(F)c(C(F)(F)F)c2)n1.Cl. The molecule has 1 atom stereocenters. The number of aryl methyl sites for hydroxylation is 1. The Hall–Kier alpha value is -2.13. The van der Waals surface area contributed by atoms with Gasteiger partial charge in [-0.2, -0.15) is 18.2 Å². The first-order chi connectivity index (χ1) is 13.3. The van der Waals surface area contributed by atoms with Gasteiger partial charge in [-0.1, -0.05) is 13.3 Å². The number of anilines is 3. The van der Waals surface area contributed by atoms with Crippen LogP contribution in [0.5, 0.6) is 0 Å². The highest BCUT2D eigenvalue weighted by atomic mass is 35.5. The molecule has 160 valence electrons. The molecule has 1 aliphatic heterocycles. The number of nitrogens with zero attached hydrogens (tertiary/aromatic N) is 3. The highest BCUT2D eigenvalue weighted by Crippen LogP contribution is 2.33. The van der Waals surface area contributed by atoms with Crippen LogP contribution in [0, 0.1) is 5.82 Å². The van der Waals surface area contributed by atoms with Gasteiger partial charge < -0.3 is 15.5 Å². The van der Waals surface area contributed by atoms with Gasteiger partial charge in [-0.3, -0.25) is 0 Å². The van der Waals surface area contributed by atoms with Gasteiger partial charge >= 0.3 is 6.18 Å². The predicted molar refractivity (Wildman–Crippen MR) is 108 cm³/mol. The number of alkyl halides is 3. The van der Waals surface area contributed by atoms with Crippen LogP contribution in [-0.4, -0.2) is 36.1 Å². The molecule has 5 nitrogen and oxygen atoms in total. The van der Waals surface area contributed by atoms with Gasteiger partial charge in [0.1, 0.15) is 11.6 Å². The van der Waals surface area contributed by atoms with Crippen molar-refractivity contribution in [3.8, 4) is 0 Å². The maximum atomic E-state index is 13.5. The van der Waals surface area contributed by atoms with Gasteiger partial charge in [-0.05, 0) is 38.1 Å². The van der Waals surface area contributed by atoms with Crippen molar-refractivity contribution in [3.63, 3.8) is 0 Å². The highest BCUT2D eigenvalue weighted by molar-refractivity contribution is 5.85. The minimum Gasteiger partial charge on any atom is -0.355 e. The molecule has 1 aliphatic rings. The maximum Gasteiger partial charge on any atom is 0.419 e. The second kappa shape index (κ2) is 9.58. The summed E-state index contributed by atoms with van der Waals surface area (Å²) in [6, 6.07) is 5.05. The van der Waals surface area contributed by atoms with E-state index in [9.17, 15) is 17.6 Å². The molecule has 29 heavy (non-hydrogen) atoms. The quantitative estimate of drug-likeness (QED) is 0.654. The highest BCUT2D eigenvalue weighted by Gasteiger charge is 2.34. The molecule has 0 aliphatic carbocycles. The van der Waals surface area contributed by atoms with E-state index in [-0.39, 0.29) is 24.0 Å². The van der Waals surface area contributed by atoms with Crippen LogP contribution >= 0.6 is 12.4 Å². The third-order valence-corrected chi connectivity index (χ3v) is 4.72. The molecule has 0 saturated carbocycles. The molecular weight excluding hydrogens is 410 g/mol. The predicted octanol–water partition coefficient (Wildman–Crippen LogP) is 4.55. The first kappa shape index (κ1) is 23.2. The third-order valence-electron chi connectivity index (χ3n) is 4.72. The average molecular weight is 434 g/mol. The van der Waals surface area contributed by atoms with E-state index in [1.807, 2.05) is 20.0 Å². The van der Waals surface area contributed by atoms with Crippen molar-refractivity contribution in [1.29, 1.82) is 0 Å². The number of halogens is 5. The lowest BCUT2D eigenvalue weighted by molar-refractivity contribution is -0.139. The van der Waals surface area contributed by atoms with E-state index in [0.29, 0.717) is 6.04 Å². The van der Waals surface area contributed by atoms with E-state index in [2.05, 4.69) is 25.5 Å². The van der Waals surface area contributed by atoms with Crippen LogP contribution in [0.1, 0.15) is 31.0 Å². The van der Waals surface area contributed by atoms with Gasteiger partial charge in [0, 0.05) is 36.6 Å².